The molecular formula is C19H20FNO4S. The Morgan fingerprint density at radius 2 is 1.77 bits per heavy atom. The minimum absolute atomic E-state index is 0.212. The molecule has 1 aliphatic heterocycles. The first kappa shape index (κ1) is 18.4. The van der Waals surface area contributed by atoms with Gasteiger partial charge in [-0.25, -0.2) is 4.39 Å². The predicted octanol–water partition coefficient (Wildman–Crippen LogP) is 3.74. The SMILES string of the molecule is COc1cc(OC)c(C2SCCN2C(=O)c2cccc(F)c2)cc1OC. The fourth-order valence-electron chi connectivity index (χ4n) is 2.97. The number of carbonyl (C=O) groups excluding carboxylic acids is 1. The Morgan fingerprint density at radius 1 is 1.08 bits per heavy atom. The number of nitrogens with zero attached hydrogens (tertiary/aromatic N) is 1. The lowest BCUT2D eigenvalue weighted by Crippen LogP contribution is -2.30. The van der Waals surface area contributed by atoms with Crippen molar-refractivity contribution < 1.29 is 23.4 Å². The van der Waals surface area contributed by atoms with Gasteiger partial charge in [0.2, 0.25) is 0 Å². The smallest absolute Gasteiger partial charge is 0.255 e. The van der Waals surface area contributed by atoms with Crippen molar-refractivity contribution in [3.63, 3.8) is 0 Å². The molecule has 2 aromatic rings. The third kappa shape index (κ3) is 3.44. The molecule has 0 aliphatic carbocycles. The first-order valence-corrected chi connectivity index (χ1v) is 9.12. The third-order valence-electron chi connectivity index (χ3n) is 4.23. The van der Waals surface area contributed by atoms with E-state index in [1.807, 2.05) is 6.07 Å². The van der Waals surface area contributed by atoms with Crippen molar-refractivity contribution in [1.29, 1.82) is 0 Å². The van der Waals surface area contributed by atoms with Gasteiger partial charge in [0.05, 0.1) is 21.3 Å². The van der Waals surface area contributed by atoms with Gasteiger partial charge in [0.15, 0.2) is 11.5 Å². The summed E-state index contributed by atoms with van der Waals surface area (Å²) in [6.45, 7) is 0.572. The Hall–Kier alpha value is -2.41. The van der Waals surface area contributed by atoms with Crippen LogP contribution in [0.1, 0.15) is 21.3 Å². The Morgan fingerprint density at radius 3 is 2.42 bits per heavy atom. The standard InChI is InChI=1S/C19H20FNO4S/c1-23-15-11-17(25-3)16(24-2)10-14(15)19-21(7-8-26-19)18(22)12-5-4-6-13(20)9-12/h4-6,9-11,19H,7-8H2,1-3H3. The van der Waals surface area contributed by atoms with Gasteiger partial charge >= 0.3 is 0 Å². The largest absolute Gasteiger partial charge is 0.496 e. The molecule has 3 rings (SSSR count). The van der Waals surface area contributed by atoms with Gasteiger partial charge in [-0.3, -0.25) is 4.79 Å². The maximum atomic E-state index is 13.5. The minimum Gasteiger partial charge on any atom is -0.496 e. The van der Waals surface area contributed by atoms with Crippen molar-refractivity contribution in [2.45, 2.75) is 5.37 Å². The van der Waals surface area contributed by atoms with E-state index in [4.69, 9.17) is 14.2 Å². The summed E-state index contributed by atoms with van der Waals surface area (Å²) in [5.74, 6) is 1.87. The van der Waals surface area contributed by atoms with Gasteiger partial charge in [-0.2, -0.15) is 0 Å². The average molecular weight is 377 g/mol. The second-order valence-electron chi connectivity index (χ2n) is 5.68. The van der Waals surface area contributed by atoms with Crippen LogP contribution in [0.4, 0.5) is 4.39 Å². The van der Waals surface area contributed by atoms with Crippen LogP contribution in [-0.2, 0) is 0 Å². The van der Waals surface area contributed by atoms with Crippen molar-refractivity contribution >= 4 is 17.7 Å². The fourth-order valence-corrected chi connectivity index (χ4v) is 4.24. The van der Waals surface area contributed by atoms with Crippen molar-refractivity contribution in [1.82, 2.24) is 4.90 Å². The van der Waals surface area contributed by atoms with Crippen molar-refractivity contribution in [3.05, 3.63) is 53.3 Å². The maximum Gasteiger partial charge on any atom is 0.255 e. The number of carbonyl (C=O) groups is 1. The number of benzene rings is 2. The topological polar surface area (TPSA) is 48.0 Å². The summed E-state index contributed by atoms with van der Waals surface area (Å²) in [6.07, 6.45) is 0. The lowest BCUT2D eigenvalue weighted by Gasteiger charge is -2.26. The highest BCUT2D eigenvalue weighted by atomic mass is 32.2. The van der Waals surface area contributed by atoms with Crippen LogP contribution in [0.5, 0.6) is 17.2 Å². The molecule has 0 N–H and O–H groups in total. The summed E-state index contributed by atoms with van der Waals surface area (Å²) in [4.78, 5) is 14.6. The molecule has 1 amide bonds. The summed E-state index contributed by atoms with van der Waals surface area (Å²) in [7, 11) is 4.69. The second-order valence-corrected chi connectivity index (χ2v) is 6.87. The van der Waals surface area contributed by atoms with Crippen molar-refractivity contribution in [2.24, 2.45) is 0 Å². The van der Waals surface area contributed by atoms with E-state index >= 15 is 0 Å². The van der Waals surface area contributed by atoms with Crippen LogP contribution in [0.2, 0.25) is 0 Å². The van der Waals surface area contributed by atoms with E-state index in [1.54, 1.807) is 50.1 Å². The average Bonchev–Trinajstić information content (AvgIpc) is 3.15. The molecule has 1 heterocycles. The highest BCUT2D eigenvalue weighted by molar-refractivity contribution is 7.99. The lowest BCUT2D eigenvalue weighted by molar-refractivity contribution is 0.0758. The molecule has 0 bridgehead atoms. The molecule has 2 aromatic carbocycles. The van der Waals surface area contributed by atoms with E-state index in [0.717, 1.165) is 11.3 Å². The van der Waals surface area contributed by atoms with E-state index in [9.17, 15) is 9.18 Å². The Bertz CT molecular complexity index is 814. The molecule has 1 saturated heterocycles. The summed E-state index contributed by atoms with van der Waals surface area (Å²) in [6, 6.07) is 9.32. The summed E-state index contributed by atoms with van der Waals surface area (Å²) >= 11 is 1.63. The van der Waals surface area contributed by atoms with Crippen LogP contribution in [-0.4, -0.2) is 44.4 Å². The number of thioether (sulfide) groups is 1. The van der Waals surface area contributed by atoms with Crippen molar-refractivity contribution in [2.75, 3.05) is 33.6 Å². The Labute approximate surface area is 156 Å². The second kappa shape index (κ2) is 7.86. The van der Waals surface area contributed by atoms with E-state index in [-0.39, 0.29) is 11.3 Å². The molecule has 5 nitrogen and oxygen atoms in total. The first-order valence-electron chi connectivity index (χ1n) is 8.07. The molecule has 0 saturated carbocycles. The molecule has 138 valence electrons. The van der Waals surface area contributed by atoms with Gasteiger partial charge in [0, 0.05) is 29.5 Å². The number of hydrogen-bond donors (Lipinski definition) is 0. The number of hydrogen-bond acceptors (Lipinski definition) is 5. The van der Waals surface area contributed by atoms with Crippen LogP contribution in [0.15, 0.2) is 36.4 Å². The zero-order chi connectivity index (χ0) is 18.7. The monoisotopic (exact) mass is 377 g/mol. The van der Waals surface area contributed by atoms with Gasteiger partial charge < -0.3 is 19.1 Å². The molecular weight excluding hydrogens is 357 g/mol. The van der Waals surface area contributed by atoms with Gasteiger partial charge in [0.1, 0.15) is 16.9 Å². The molecule has 7 heteroatoms. The van der Waals surface area contributed by atoms with Crippen LogP contribution < -0.4 is 14.2 Å². The molecule has 0 aromatic heterocycles. The highest BCUT2D eigenvalue weighted by Gasteiger charge is 2.34. The molecule has 1 unspecified atom stereocenters. The van der Waals surface area contributed by atoms with Gasteiger partial charge in [-0.05, 0) is 24.3 Å². The van der Waals surface area contributed by atoms with E-state index in [1.165, 1.54) is 18.2 Å². The molecule has 1 fully saturated rings. The van der Waals surface area contributed by atoms with E-state index < -0.39 is 5.82 Å². The van der Waals surface area contributed by atoms with Gasteiger partial charge in [-0.1, -0.05) is 6.07 Å². The third-order valence-corrected chi connectivity index (χ3v) is 5.47. The molecule has 0 spiro atoms. The van der Waals surface area contributed by atoms with Crippen LogP contribution in [0.25, 0.3) is 0 Å². The Balaban J connectivity index is 1.98. The van der Waals surface area contributed by atoms with Crippen LogP contribution >= 0.6 is 11.8 Å². The zero-order valence-electron chi connectivity index (χ0n) is 14.8. The first-order chi connectivity index (χ1) is 12.6. The normalized spacial score (nSPS) is 16.5. The molecule has 26 heavy (non-hydrogen) atoms. The lowest BCUT2D eigenvalue weighted by atomic mass is 10.1. The number of amides is 1. The van der Waals surface area contributed by atoms with E-state index in [0.29, 0.717) is 29.4 Å². The maximum absolute atomic E-state index is 13.5. The van der Waals surface area contributed by atoms with E-state index in [2.05, 4.69) is 0 Å². The summed E-state index contributed by atoms with van der Waals surface area (Å²) < 4.78 is 29.7. The summed E-state index contributed by atoms with van der Waals surface area (Å²) in [5.41, 5.74) is 1.15. The quantitative estimate of drug-likeness (QED) is 0.794. The zero-order valence-corrected chi connectivity index (χ0v) is 15.6. The molecule has 1 atom stereocenters. The van der Waals surface area contributed by atoms with Crippen LogP contribution in [0, 0.1) is 5.82 Å². The molecule has 1 aliphatic rings. The number of rotatable bonds is 5. The highest BCUT2D eigenvalue weighted by Crippen LogP contribution is 2.46. The predicted molar refractivity (Wildman–Crippen MR) is 98.7 cm³/mol. The molecule has 0 radical (unpaired) electrons. The number of ether oxygens (including phenoxy) is 3. The summed E-state index contributed by atoms with van der Waals surface area (Å²) in [5, 5.41) is -0.250. The van der Waals surface area contributed by atoms with Crippen LogP contribution in [0.3, 0.4) is 0 Å². The number of halogens is 1. The van der Waals surface area contributed by atoms with Crippen molar-refractivity contribution in [3.8, 4) is 17.2 Å². The Kier molecular flexibility index (Phi) is 5.56. The minimum atomic E-state index is -0.428. The number of methoxy groups -OCH3 is 3. The fraction of sp³-hybridized carbons (Fsp3) is 0.316. The van der Waals surface area contributed by atoms with Gasteiger partial charge in [0.25, 0.3) is 5.91 Å². The van der Waals surface area contributed by atoms with Gasteiger partial charge in [-0.15, -0.1) is 11.8 Å².